The maximum absolute atomic E-state index is 12.4. The van der Waals surface area contributed by atoms with Crippen molar-refractivity contribution in [2.75, 3.05) is 32.8 Å². The van der Waals surface area contributed by atoms with Crippen LogP contribution in [0.15, 0.2) is 24.3 Å². The van der Waals surface area contributed by atoms with Crippen molar-refractivity contribution in [1.29, 1.82) is 0 Å². The molecule has 1 unspecified atom stereocenters. The molecule has 0 bridgehead atoms. The van der Waals surface area contributed by atoms with E-state index in [1.165, 1.54) is 0 Å². The average molecular weight is 297 g/mol. The van der Waals surface area contributed by atoms with Crippen LogP contribution in [0.1, 0.15) is 23.7 Å². The number of aliphatic hydroxyl groups excluding tert-OH is 1. The lowest BCUT2D eigenvalue weighted by molar-refractivity contribution is 0.0472. The van der Waals surface area contributed by atoms with Gasteiger partial charge in [-0.2, -0.15) is 0 Å². The van der Waals surface area contributed by atoms with E-state index in [0.29, 0.717) is 23.7 Å². The van der Waals surface area contributed by atoms with Gasteiger partial charge in [-0.3, -0.25) is 9.69 Å². The summed E-state index contributed by atoms with van der Waals surface area (Å²) in [6.07, 6.45) is 0.926. The third-order valence-electron chi connectivity index (χ3n) is 3.90. The number of hydrogen-bond acceptors (Lipinski definition) is 3. The Morgan fingerprint density at radius 1 is 1.30 bits per heavy atom. The summed E-state index contributed by atoms with van der Waals surface area (Å²) in [4.78, 5) is 16.5. The zero-order chi connectivity index (χ0) is 14.5. The summed E-state index contributed by atoms with van der Waals surface area (Å²) in [5, 5.41) is 9.83. The Kier molecular flexibility index (Phi) is 5.40. The quantitative estimate of drug-likeness (QED) is 0.922. The van der Waals surface area contributed by atoms with E-state index in [0.717, 1.165) is 19.5 Å². The number of carbonyl (C=O) groups is 1. The predicted octanol–water partition coefficient (Wildman–Crippen LogP) is 1.87. The van der Waals surface area contributed by atoms with Gasteiger partial charge in [0, 0.05) is 32.2 Å². The zero-order valence-corrected chi connectivity index (χ0v) is 12.5. The van der Waals surface area contributed by atoms with E-state index in [-0.39, 0.29) is 18.6 Å². The molecule has 1 aliphatic rings. The zero-order valence-electron chi connectivity index (χ0n) is 11.8. The minimum absolute atomic E-state index is 0.00713. The second kappa shape index (κ2) is 7.07. The number of nitrogens with zero attached hydrogens (tertiary/aromatic N) is 2. The summed E-state index contributed by atoms with van der Waals surface area (Å²) in [7, 11) is 0. The van der Waals surface area contributed by atoms with E-state index in [9.17, 15) is 9.90 Å². The molecule has 1 atom stereocenters. The number of piperazine rings is 1. The highest BCUT2D eigenvalue weighted by Gasteiger charge is 2.26. The van der Waals surface area contributed by atoms with Crippen molar-refractivity contribution in [1.82, 2.24) is 9.80 Å². The molecule has 0 radical (unpaired) electrons. The highest BCUT2D eigenvalue weighted by atomic mass is 35.5. The standard InChI is InChI=1S/C15H21ClN2O2/c1-2-12(11-19)17-7-9-18(10-8-17)15(20)13-5-3-4-6-14(13)16/h3-6,12,19H,2,7-11H2,1H3. The van der Waals surface area contributed by atoms with Gasteiger partial charge in [0.25, 0.3) is 5.91 Å². The first kappa shape index (κ1) is 15.3. The molecule has 1 N–H and O–H groups in total. The van der Waals surface area contributed by atoms with Gasteiger partial charge in [-0.05, 0) is 18.6 Å². The Morgan fingerprint density at radius 2 is 1.95 bits per heavy atom. The van der Waals surface area contributed by atoms with Crippen LogP contribution in [0.2, 0.25) is 5.02 Å². The molecule has 1 aromatic rings. The molecule has 0 saturated carbocycles. The molecule has 1 amide bonds. The van der Waals surface area contributed by atoms with Crippen molar-refractivity contribution in [3.05, 3.63) is 34.9 Å². The molecule has 0 spiro atoms. The van der Waals surface area contributed by atoms with Crippen molar-refractivity contribution >= 4 is 17.5 Å². The van der Waals surface area contributed by atoms with Crippen LogP contribution < -0.4 is 0 Å². The van der Waals surface area contributed by atoms with Gasteiger partial charge in [0.2, 0.25) is 0 Å². The second-order valence-corrected chi connectivity index (χ2v) is 5.46. The smallest absolute Gasteiger partial charge is 0.255 e. The number of hydrogen-bond donors (Lipinski definition) is 1. The first-order chi connectivity index (χ1) is 9.67. The van der Waals surface area contributed by atoms with Gasteiger partial charge in [-0.1, -0.05) is 30.7 Å². The van der Waals surface area contributed by atoms with Crippen LogP contribution in [0.4, 0.5) is 0 Å². The first-order valence-corrected chi connectivity index (χ1v) is 7.43. The molecule has 1 aromatic carbocycles. The topological polar surface area (TPSA) is 43.8 Å². The van der Waals surface area contributed by atoms with Gasteiger partial charge in [-0.15, -0.1) is 0 Å². The normalized spacial score (nSPS) is 18.1. The fourth-order valence-corrected chi connectivity index (χ4v) is 2.81. The van der Waals surface area contributed by atoms with Gasteiger partial charge in [0.1, 0.15) is 0 Å². The maximum Gasteiger partial charge on any atom is 0.255 e. The predicted molar refractivity (Wildman–Crippen MR) is 80.1 cm³/mol. The number of halogens is 1. The molecule has 0 aromatic heterocycles. The summed E-state index contributed by atoms with van der Waals surface area (Å²) < 4.78 is 0. The van der Waals surface area contributed by atoms with Gasteiger partial charge in [0.15, 0.2) is 0 Å². The van der Waals surface area contributed by atoms with E-state index in [1.807, 2.05) is 17.0 Å². The molecule has 1 heterocycles. The number of carbonyl (C=O) groups excluding carboxylic acids is 1. The fraction of sp³-hybridized carbons (Fsp3) is 0.533. The molecule has 20 heavy (non-hydrogen) atoms. The monoisotopic (exact) mass is 296 g/mol. The van der Waals surface area contributed by atoms with Crippen LogP contribution in [-0.2, 0) is 0 Å². The van der Waals surface area contributed by atoms with Crippen LogP contribution in [0.3, 0.4) is 0 Å². The minimum Gasteiger partial charge on any atom is -0.395 e. The Labute approximate surface area is 124 Å². The van der Waals surface area contributed by atoms with E-state index in [2.05, 4.69) is 11.8 Å². The molecule has 0 aliphatic carbocycles. The lowest BCUT2D eigenvalue weighted by atomic mass is 10.1. The van der Waals surface area contributed by atoms with Crippen LogP contribution in [0.25, 0.3) is 0 Å². The van der Waals surface area contributed by atoms with Gasteiger partial charge in [0.05, 0.1) is 17.2 Å². The summed E-state index contributed by atoms with van der Waals surface area (Å²) in [5.41, 5.74) is 0.566. The fourth-order valence-electron chi connectivity index (χ4n) is 2.60. The van der Waals surface area contributed by atoms with Crippen molar-refractivity contribution in [3.8, 4) is 0 Å². The molecule has 1 aliphatic heterocycles. The Bertz CT molecular complexity index is 455. The van der Waals surface area contributed by atoms with Gasteiger partial charge in [-0.25, -0.2) is 0 Å². The van der Waals surface area contributed by atoms with Gasteiger partial charge >= 0.3 is 0 Å². The molecule has 2 rings (SSSR count). The van der Waals surface area contributed by atoms with E-state index < -0.39 is 0 Å². The summed E-state index contributed by atoms with van der Waals surface area (Å²) in [5.74, 6) is -0.00713. The average Bonchev–Trinajstić information content (AvgIpc) is 2.49. The molecular weight excluding hydrogens is 276 g/mol. The second-order valence-electron chi connectivity index (χ2n) is 5.05. The Balaban J connectivity index is 1.97. The van der Waals surface area contributed by atoms with Crippen molar-refractivity contribution in [3.63, 3.8) is 0 Å². The number of rotatable bonds is 4. The SMILES string of the molecule is CCC(CO)N1CCN(C(=O)c2ccccc2Cl)CC1. The van der Waals surface area contributed by atoms with Crippen LogP contribution in [0, 0.1) is 0 Å². The third-order valence-corrected chi connectivity index (χ3v) is 4.23. The Morgan fingerprint density at radius 3 is 2.50 bits per heavy atom. The highest BCUT2D eigenvalue weighted by molar-refractivity contribution is 6.33. The molecule has 5 heteroatoms. The number of benzene rings is 1. The summed E-state index contributed by atoms with van der Waals surface area (Å²) >= 11 is 6.07. The first-order valence-electron chi connectivity index (χ1n) is 7.06. The highest BCUT2D eigenvalue weighted by Crippen LogP contribution is 2.18. The summed E-state index contributed by atoms with van der Waals surface area (Å²) in [6, 6.07) is 7.36. The molecule has 4 nitrogen and oxygen atoms in total. The summed E-state index contributed by atoms with van der Waals surface area (Å²) in [6.45, 7) is 5.21. The van der Waals surface area contributed by atoms with Crippen molar-refractivity contribution in [2.24, 2.45) is 0 Å². The lowest BCUT2D eigenvalue weighted by Gasteiger charge is -2.38. The van der Waals surface area contributed by atoms with Gasteiger partial charge < -0.3 is 10.0 Å². The number of aliphatic hydroxyl groups is 1. The number of amides is 1. The minimum atomic E-state index is -0.00713. The van der Waals surface area contributed by atoms with Crippen LogP contribution in [0.5, 0.6) is 0 Å². The van der Waals surface area contributed by atoms with Crippen molar-refractivity contribution < 1.29 is 9.90 Å². The Hall–Kier alpha value is -1.10. The molecule has 1 fully saturated rings. The molecule has 1 saturated heterocycles. The van der Waals surface area contributed by atoms with E-state index >= 15 is 0 Å². The van der Waals surface area contributed by atoms with Crippen LogP contribution >= 0.6 is 11.6 Å². The third kappa shape index (κ3) is 3.32. The largest absolute Gasteiger partial charge is 0.395 e. The maximum atomic E-state index is 12.4. The molecule has 110 valence electrons. The van der Waals surface area contributed by atoms with E-state index in [4.69, 9.17) is 11.6 Å². The molecular formula is C15H21ClN2O2. The lowest BCUT2D eigenvalue weighted by Crippen LogP contribution is -2.52. The van der Waals surface area contributed by atoms with Crippen LogP contribution in [-0.4, -0.2) is 59.6 Å². The van der Waals surface area contributed by atoms with Crippen molar-refractivity contribution in [2.45, 2.75) is 19.4 Å². The van der Waals surface area contributed by atoms with E-state index in [1.54, 1.807) is 12.1 Å².